The minimum absolute atomic E-state index is 0.723. The van der Waals surface area contributed by atoms with Crippen molar-refractivity contribution in [2.45, 2.75) is 0 Å². The maximum absolute atomic E-state index is 6.04. The quantitative estimate of drug-likeness (QED) is 0.779. The van der Waals surface area contributed by atoms with E-state index < -0.39 is 0 Å². The molecule has 0 spiro atoms. The van der Waals surface area contributed by atoms with Crippen molar-refractivity contribution in [3.8, 4) is 0 Å². The number of hydrogen-bond donors (Lipinski definition) is 1. The van der Waals surface area contributed by atoms with E-state index in [1.165, 1.54) is 12.1 Å². The molecular weight excluding hydrogens is 252 g/mol. The summed E-state index contributed by atoms with van der Waals surface area (Å²) in [6, 6.07) is 15.9. The van der Waals surface area contributed by atoms with Gasteiger partial charge in [-0.2, -0.15) is 4.40 Å². The summed E-state index contributed by atoms with van der Waals surface area (Å²) >= 11 is 7.38. The lowest BCUT2D eigenvalue weighted by Gasteiger charge is -2.17. The second-order valence-electron chi connectivity index (χ2n) is 3.69. The van der Waals surface area contributed by atoms with Crippen molar-refractivity contribution in [3.63, 3.8) is 0 Å². The van der Waals surface area contributed by atoms with Gasteiger partial charge < -0.3 is 4.72 Å². The SMILES string of the molecule is Clc1ccc2c(c1)C(c1ccccc1)=NSN2. The fraction of sp³-hybridized carbons (Fsp3) is 0. The van der Waals surface area contributed by atoms with Crippen LogP contribution in [0.25, 0.3) is 0 Å². The summed E-state index contributed by atoms with van der Waals surface area (Å²) in [6.07, 6.45) is 0. The smallest absolute Gasteiger partial charge is 0.0907 e. The molecule has 0 fully saturated rings. The summed E-state index contributed by atoms with van der Waals surface area (Å²) in [5.74, 6) is 0. The Morgan fingerprint density at radius 3 is 2.71 bits per heavy atom. The summed E-state index contributed by atoms with van der Waals surface area (Å²) in [6.45, 7) is 0. The number of rotatable bonds is 1. The zero-order valence-electron chi connectivity index (χ0n) is 8.85. The van der Waals surface area contributed by atoms with Gasteiger partial charge in [0.15, 0.2) is 0 Å². The Morgan fingerprint density at radius 1 is 1.06 bits per heavy atom. The summed E-state index contributed by atoms with van der Waals surface area (Å²) < 4.78 is 7.61. The lowest BCUT2D eigenvalue weighted by Crippen LogP contribution is -2.09. The molecule has 84 valence electrons. The topological polar surface area (TPSA) is 24.4 Å². The second kappa shape index (κ2) is 4.43. The second-order valence-corrected chi connectivity index (χ2v) is 4.69. The summed E-state index contributed by atoms with van der Waals surface area (Å²) in [5.41, 5.74) is 4.16. The van der Waals surface area contributed by atoms with E-state index in [0.29, 0.717) is 0 Å². The van der Waals surface area contributed by atoms with E-state index in [9.17, 15) is 0 Å². The molecule has 0 saturated heterocycles. The van der Waals surface area contributed by atoms with Crippen molar-refractivity contribution in [1.29, 1.82) is 0 Å². The lowest BCUT2D eigenvalue weighted by atomic mass is 10.0. The first-order valence-corrected chi connectivity index (χ1v) is 6.35. The summed E-state index contributed by atoms with van der Waals surface area (Å²) in [7, 11) is 0. The van der Waals surface area contributed by atoms with Crippen LogP contribution in [0.1, 0.15) is 11.1 Å². The van der Waals surface area contributed by atoms with Gasteiger partial charge in [-0.15, -0.1) is 0 Å². The molecule has 1 N–H and O–H groups in total. The van der Waals surface area contributed by atoms with Gasteiger partial charge in [-0.05, 0) is 18.2 Å². The highest BCUT2D eigenvalue weighted by molar-refractivity contribution is 7.99. The van der Waals surface area contributed by atoms with E-state index in [-0.39, 0.29) is 0 Å². The molecule has 0 saturated carbocycles. The van der Waals surface area contributed by atoms with E-state index in [4.69, 9.17) is 11.6 Å². The number of fused-ring (bicyclic) bond motifs is 1. The minimum Gasteiger partial charge on any atom is -0.310 e. The number of nitrogens with one attached hydrogen (secondary N) is 1. The van der Waals surface area contributed by atoms with Gasteiger partial charge in [0.05, 0.1) is 23.5 Å². The predicted octanol–water partition coefficient (Wildman–Crippen LogP) is 4.17. The highest BCUT2D eigenvalue weighted by atomic mass is 35.5. The van der Waals surface area contributed by atoms with Gasteiger partial charge in [0, 0.05) is 16.1 Å². The van der Waals surface area contributed by atoms with Crippen LogP contribution in [0.4, 0.5) is 5.69 Å². The van der Waals surface area contributed by atoms with Gasteiger partial charge in [-0.3, -0.25) is 0 Å². The number of halogens is 1. The monoisotopic (exact) mass is 260 g/mol. The molecule has 2 aromatic rings. The average Bonchev–Trinajstić information content (AvgIpc) is 2.39. The van der Waals surface area contributed by atoms with E-state index in [1.54, 1.807) is 0 Å². The molecule has 0 radical (unpaired) electrons. The lowest BCUT2D eigenvalue weighted by molar-refractivity contribution is 1.55. The van der Waals surface area contributed by atoms with Crippen LogP contribution in [0, 0.1) is 0 Å². The van der Waals surface area contributed by atoms with E-state index in [1.807, 2.05) is 36.4 Å². The first-order chi connectivity index (χ1) is 8.34. The molecule has 0 aliphatic carbocycles. The first-order valence-electron chi connectivity index (χ1n) is 5.20. The number of benzene rings is 2. The first kappa shape index (κ1) is 10.7. The largest absolute Gasteiger partial charge is 0.310 e. The van der Waals surface area contributed by atoms with Crippen molar-refractivity contribution < 1.29 is 0 Å². The molecule has 0 atom stereocenters. The Morgan fingerprint density at radius 2 is 1.88 bits per heavy atom. The molecule has 0 unspecified atom stereocenters. The molecule has 2 nitrogen and oxygen atoms in total. The molecule has 3 rings (SSSR count). The van der Waals surface area contributed by atoms with Crippen LogP contribution >= 0.6 is 23.7 Å². The van der Waals surface area contributed by atoms with Gasteiger partial charge in [0.25, 0.3) is 0 Å². The maximum atomic E-state index is 6.04. The van der Waals surface area contributed by atoms with Crippen molar-refractivity contribution in [2.75, 3.05) is 4.72 Å². The van der Waals surface area contributed by atoms with Crippen molar-refractivity contribution in [2.24, 2.45) is 4.40 Å². The highest BCUT2D eigenvalue weighted by Gasteiger charge is 2.16. The molecule has 1 heterocycles. The van der Waals surface area contributed by atoms with Crippen LogP contribution in [-0.2, 0) is 0 Å². The van der Waals surface area contributed by atoms with Crippen LogP contribution < -0.4 is 4.72 Å². The Hall–Kier alpha value is -1.45. The molecule has 1 aliphatic rings. The van der Waals surface area contributed by atoms with Crippen molar-refractivity contribution >= 4 is 35.1 Å². The predicted molar refractivity (Wildman–Crippen MR) is 74.7 cm³/mol. The maximum Gasteiger partial charge on any atom is 0.0907 e. The normalized spacial score (nSPS) is 13.6. The van der Waals surface area contributed by atoms with Crippen LogP contribution in [0.15, 0.2) is 52.9 Å². The average molecular weight is 261 g/mol. The third kappa shape index (κ3) is 2.04. The van der Waals surface area contributed by atoms with E-state index in [0.717, 1.165) is 27.5 Å². The van der Waals surface area contributed by atoms with Gasteiger partial charge in [-0.1, -0.05) is 41.9 Å². The molecular formula is C13H9ClN2S. The molecule has 0 amide bonds. The van der Waals surface area contributed by atoms with Crippen LogP contribution in [-0.4, -0.2) is 5.71 Å². The molecule has 17 heavy (non-hydrogen) atoms. The fourth-order valence-corrected chi connectivity index (χ4v) is 2.56. The minimum atomic E-state index is 0.723. The Balaban J connectivity index is 2.14. The molecule has 0 bridgehead atoms. The van der Waals surface area contributed by atoms with Crippen LogP contribution in [0.2, 0.25) is 5.02 Å². The van der Waals surface area contributed by atoms with Crippen molar-refractivity contribution in [1.82, 2.24) is 0 Å². The standard InChI is InChI=1S/C13H9ClN2S/c14-10-6-7-12-11(8-10)13(16-17-15-12)9-4-2-1-3-5-9/h1-8,15H. The molecule has 1 aliphatic heterocycles. The van der Waals surface area contributed by atoms with E-state index in [2.05, 4.69) is 21.3 Å². The third-order valence-corrected chi connectivity index (χ3v) is 3.40. The Bertz CT molecular complexity index is 581. The number of nitrogens with zero attached hydrogens (tertiary/aromatic N) is 1. The zero-order chi connectivity index (χ0) is 11.7. The van der Waals surface area contributed by atoms with Gasteiger partial charge in [-0.25, -0.2) is 0 Å². The zero-order valence-corrected chi connectivity index (χ0v) is 10.4. The summed E-state index contributed by atoms with van der Waals surface area (Å²) in [4.78, 5) is 0. The van der Waals surface area contributed by atoms with Gasteiger partial charge in [0.2, 0.25) is 0 Å². The van der Waals surface area contributed by atoms with Gasteiger partial charge >= 0.3 is 0 Å². The van der Waals surface area contributed by atoms with Crippen LogP contribution in [0.3, 0.4) is 0 Å². The molecule has 2 aromatic carbocycles. The highest BCUT2D eigenvalue weighted by Crippen LogP contribution is 2.30. The molecule has 4 heteroatoms. The van der Waals surface area contributed by atoms with Gasteiger partial charge in [0.1, 0.15) is 0 Å². The van der Waals surface area contributed by atoms with Crippen molar-refractivity contribution in [3.05, 3.63) is 64.7 Å². The van der Waals surface area contributed by atoms with E-state index >= 15 is 0 Å². The van der Waals surface area contributed by atoms with Crippen LogP contribution in [0.5, 0.6) is 0 Å². The summed E-state index contributed by atoms with van der Waals surface area (Å²) in [5, 5.41) is 0.723. The molecule has 0 aromatic heterocycles. The number of anilines is 1. The Labute approximate surface area is 109 Å². The third-order valence-electron chi connectivity index (χ3n) is 2.58. The fourth-order valence-electron chi connectivity index (χ4n) is 1.77. The number of hydrogen-bond acceptors (Lipinski definition) is 3. The Kier molecular flexibility index (Phi) is 2.79.